The molecule has 0 amide bonds. The van der Waals surface area contributed by atoms with Gasteiger partial charge in [-0.2, -0.15) is 5.10 Å². The van der Waals surface area contributed by atoms with Crippen LogP contribution in [0.15, 0.2) is 12.3 Å². The molecule has 5 heteroatoms. The third-order valence-corrected chi connectivity index (χ3v) is 3.68. The van der Waals surface area contributed by atoms with Crippen LogP contribution in [0.5, 0.6) is 0 Å². The van der Waals surface area contributed by atoms with Crippen LogP contribution in [0.3, 0.4) is 0 Å². The lowest BCUT2D eigenvalue weighted by molar-refractivity contribution is 0.175. The molecule has 1 fully saturated rings. The first-order valence-corrected chi connectivity index (χ1v) is 7.40. The van der Waals surface area contributed by atoms with Crippen LogP contribution in [0.25, 0.3) is 0 Å². The van der Waals surface area contributed by atoms with Crippen molar-refractivity contribution in [2.45, 2.75) is 45.3 Å². The number of rotatable bonds is 8. The standard InChI is InChI=1S/C14H26N4O/c1-2-8-18-14(5-7-16-18)12-17(9-10-19)11-13-4-3-6-15-13/h5,7,13,15,19H,2-4,6,8-12H2,1H3. The molecule has 108 valence electrons. The zero-order valence-electron chi connectivity index (χ0n) is 11.9. The van der Waals surface area contributed by atoms with E-state index < -0.39 is 0 Å². The molecule has 0 aliphatic carbocycles. The lowest BCUT2D eigenvalue weighted by Crippen LogP contribution is -2.39. The summed E-state index contributed by atoms with van der Waals surface area (Å²) in [6.45, 7) is 7.10. The Morgan fingerprint density at radius 2 is 2.47 bits per heavy atom. The SMILES string of the molecule is CCCn1nccc1CN(CCO)CC1CCCN1. The van der Waals surface area contributed by atoms with Crippen LogP contribution in [0.1, 0.15) is 31.9 Å². The Morgan fingerprint density at radius 1 is 1.58 bits per heavy atom. The number of nitrogens with one attached hydrogen (secondary N) is 1. The predicted molar refractivity (Wildman–Crippen MR) is 75.9 cm³/mol. The minimum atomic E-state index is 0.217. The Morgan fingerprint density at radius 3 is 3.16 bits per heavy atom. The fourth-order valence-electron chi connectivity index (χ4n) is 2.74. The molecule has 1 aromatic rings. The molecule has 2 heterocycles. The van der Waals surface area contributed by atoms with E-state index >= 15 is 0 Å². The molecule has 2 rings (SSSR count). The van der Waals surface area contributed by atoms with Gasteiger partial charge in [0.25, 0.3) is 0 Å². The molecule has 0 saturated carbocycles. The molecule has 5 nitrogen and oxygen atoms in total. The summed E-state index contributed by atoms with van der Waals surface area (Å²) >= 11 is 0. The van der Waals surface area contributed by atoms with E-state index in [9.17, 15) is 5.11 Å². The van der Waals surface area contributed by atoms with Crippen molar-refractivity contribution in [1.82, 2.24) is 20.0 Å². The average molecular weight is 266 g/mol. The van der Waals surface area contributed by atoms with Gasteiger partial charge in [0.2, 0.25) is 0 Å². The van der Waals surface area contributed by atoms with Crippen molar-refractivity contribution < 1.29 is 5.11 Å². The Hall–Kier alpha value is -0.910. The summed E-state index contributed by atoms with van der Waals surface area (Å²) in [4.78, 5) is 2.33. The molecule has 1 unspecified atom stereocenters. The summed E-state index contributed by atoms with van der Waals surface area (Å²) in [5.41, 5.74) is 1.24. The fourth-order valence-corrected chi connectivity index (χ4v) is 2.74. The molecule has 1 saturated heterocycles. The second-order valence-electron chi connectivity index (χ2n) is 5.30. The van der Waals surface area contributed by atoms with Gasteiger partial charge < -0.3 is 10.4 Å². The largest absolute Gasteiger partial charge is 0.395 e. The van der Waals surface area contributed by atoms with Crippen molar-refractivity contribution in [2.24, 2.45) is 0 Å². The molecule has 1 aromatic heterocycles. The highest BCUT2D eigenvalue weighted by molar-refractivity contribution is 5.00. The number of aliphatic hydroxyl groups excluding tert-OH is 1. The van der Waals surface area contributed by atoms with Gasteiger partial charge in [0.05, 0.1) is 12.3 Å². The highest BCUT2D eigenvalue weighted by Crippen LogP contribution is 2.10. The monoisotopic (exact) mass is 266 g/mol. The molecule has 1 atom stereocenters. The molecule has 0 spiro atoms. The molecular weight excluding hydrogens is 240 g/mol. The summed E-state index contributed by atoms with van der Waals surface area (Å²) in [7, 11) is 0. The molecule has 2 N–H and O–H groups in total. The Bertz CT molecular complexity index is 360. The summed E-state index contributed by atoms with van der Waals surface area (Å²) in [5, 5.41) is 17.1. The molecule has 0 aromatic carbocycles. The number of hydrogen-bond donors (Lipinski definition) is 2. The Kier molecular flexibility index (Phi) is 5.82. The molecule has 0 radical (unpaired) electrons. The van der Waals surface area contributed by atoms with Crippen LogP contribution in [0.2, 0.25) is 0 Å². The zero-order valence-corrected chi connectivity index (χ0v) is 11.9. The van der Waals surface area contributed by atoms with Crippen LogP contribution in [-0.2, 0) is 13.1 Å². The average Bonchev–Trinajstić information content (AvgIpc) is 3.03. The van der Waals surface area contributed by atoms with E-state index in [4.69, 9.17) is 0 Å². The number of nitrogens with zero attached hydrogens (tertiary/aromatic N) is 3. The summed E-state index contributed by atoms with van der Waals surface area (Å²) in [6, 6.07) is 2.66. The van der Waals surface area contributed by atoms with Gasteiger partial charge in [-0.25, -0.2) is 0 Å². The quantitative estimate of drug-likeness (QED) is 0.732. The van der Waals surface area contributed by atoms with Gasteiger partial charge in [-0.05, 0) is 31.9 Å². The van der Waals surface area contributed by atoms with Crippen LogP contribution in [0.4, 0.5) is 0 Å². The normalized spacial score (nSPS) is 19.4. The van der Waals surface area contributed by atoms with Gasteiger partial charge >= 0.3 is 0 Å². The zero-order chi connectivity index (χ0) is 13.5. The molecule has 1 aliphatic heterocycles. The van der Waals surface area contributed by atoms with E-state index in [1.54, 1.807) is 0 Å². The smallest absolute Gasteiger partial charge is 0.0558 e. The number of aromatic nitrogens is 2. The van der Waals surface area contributed by atoms with Crippen molar-refractivity contribution in [3.63, 3.8) is 0 Å². The maximum Gasteiger partial charge on any atom is 0.0558 e. The number of aliphatic hydroxyl groups is 1. The van der Waals surface area contributed by atoms with Crippen molar-refractivity contribution >= 4 is 0 Å². The van der Waals surface area contributed by atoms with Crippen LogP contribution in [0, 0.1) is 0 Å². The van der Waals surface area contributed by atoms with Crippen LogP contribution < -0.4 is 5.32 Å². The van der Waals surface area contributed by atoms with Crippen LogP contribution >= 0.6 is 0 Å². The lowest BCUT2D eigenvalue weighted by atomic mass is 10.2. The van der Waals surface area contributed by atoms with Gasteiger partial charge in [0.15, 0.2) is 0 Å². The minimum Gasteiger partial charge on any atom is -0.395 e. The third-order valence-electron chi connectivity index (χ3n) is 3.68. The molecule has 1 aliphatic rings. The van der Waals surface area contributed by atoms with Crippen molar-refractivity contribution in [3.05, 3.63) is 18.0 Å². The second kappa shape index (κ2) is 7.62. The fraction of sp³-hybridized carbons (Fsp3) is 0.786. The number of aryl methyl sites for hydroxylation is 1. The van der Waals surface area contributed by atoms with Gasteiger partial charge in [-0.3, -0.25) is 9.58 Å². The molecule has 19 heavy (non-hydrogen) atoms. The first-order valence-electron chi connectivity index (χ1n) is 7.40. The highest BCUT2D eigenvalue weighted by Gasteiger charge is 2.18. The van der Waals surface area contributed by atoms with Gasteiger partial charge in [-0.1, -0.05) is 6.92 Å². The van der Waals surface area contributed by atoms with Crippen molar-refractivity contribution in [3.8, 4) is 0 Å². The second-order valence-corrected chi connectivity index (χ2v) is 5.30. The topological polar surface area (TPSA) is 53.3 Å². The maximum atomic E-state index is 9.23. The first kappa shape index (κ1) is 14.5. The van der Waals surface area contributed by atoms with Crippen molar-refractivity contribution in [1.29, 1.82) is 0 Å². The highest BCUT2D eigenvalue weighted by atomic mass is 16.3. The van der Waals surface area contributed by atoms with Gasteiger partial charge in [0, 0.05) is 38.4 Å². The van der Waals surface area contributed by atoms with E-state index in [0.717, 1.165) is 39.1 Å². The summed E-state index contributed by atoms with van der Waals surface area (Å²) in [6.07, 6.45) is 5.48. The van der Waals surface area contributed by atoms with E-state index in [2.05, 4.69) is 33.0 Å². The maximum absolute atomic E-state index is 9.23. The van der Waals surface area contributed by atoms with E-state index in [-0.39, 0.29) is 6.61 Å². The predicted octanol–water partition coefficient (Wildman–Crippen LogP) is 0.839. The summed E-state index contributed by atoms with van der Waals surface area (Å²) in [5.74, 6) is 0. The van der Waals surface area contributed by atoms with E-state index in [0.29, 0.717) is 6.04 Å². The van der Waals surface area contributed by atoms with Crippen LogP contribution in [-0.4, -0.2) is 52.1 Å². The first-order chi connectivity index (χ1) is 9.33. The minimum absolute atomic E-state index is 0.217. The Balaban J connectivity index is 1.92. The van der Waals surface area contributed by atoms with E-state index in [1.807, 2.05) is 6.20 Å². The van der Waals surface area contributed by atoms with Gasteiger partial charge in [0.1, 0.15) is 0 Å². The third kappa shape index (κ3) is 4.30. The summed E-state index contributed by atoms with van der Waals surface area (Å²) < 4.78 is 2.08. The number of hydrogen-bond acceptors (Lipinski definition) is 4. The Labute approximate surface area is 115 Å². The molecule has 0 bridgehead atoms. The molecular formula is C14H26N4O. The lowest BCUT2D eigenvalue weighted by Gasteiger charge is -2.25. The van der Waals surface area contributed by atoms with Crippen molar-refractivity contribution in [2.75, 3.05) is 26.2 Å². The van der Waals surface area contributed by atoms with Gasteiger partial charge in [-0.15, -0.1) is 0 Å². The van der Waals surface area contributed by atoms with E-state index in [1.165, 1.54) is 18.5 Å².